The van der Waals surface area contributed by atoms with Gasteiger partial charge in [0.2, 0.25) is 0 Å². The first kappa shape index (κ1) is 16.6. The third-order valence-electron chi connectivity index (χ3n) is 3.70. The number of hydrogen-bond donors (Lipinski definition) is 1. The first-order chi connectivity index (χ1) is 11.3. The fraction of sp³-hybridized carbons (Fsp3) is 0.412. The van der Waals surface area contributed by atoms with Crippen molar-refractivity contribution >= 4 is 22.9 Å². The van der Waals surface area contributed by atoms with Gasteiger partial charge in [0.1, 0.15) is 5.56 Å². The number of fused-ring (bicyclic) bond motifs is 1. The van der Waals surface area contributed by atoms with Crippen molar-refractivity contribution < 1.29 is 4.79 Å². The molecule has 6 nitrogen and oxygen atoms in total. The molecule has 0 aliphatic rings. The Kier molecular flexibility index (Phi) is 4.36. The van der Waals surface area contributed by atoms with Crippen LogP contribution in [0.15, 0.2) is 23.8 Å². The lowest BCUT2D eigenvalue weighted by Gasteiger charge is -2.14. The summed E-state index contributed by atoms with van der Waals surface area (Å²) < 4.78 is 1.61. The van der Waals surface area contributed by atoms with Crippen LogP contribution in [-0.2, 0) is 11.8 Å². The van der Waals surface area contributed by atoms with Crippen molar-refractivity contribution in [3.63, 3.8) is 0 Å². The van der Waals surface area contributed by atoms with Crippen molar-refractivity contribution in [1.29, 1.82) is 0 Å². The van der Waals surface area contributed by atoms with E-state index in [0.29, 0.717) is 17.8 Å². The second kappa shape index (κ2) is 6.32. The van der Waals surface area contributed by atoms with Gasteiger partial charge in [-0.2, -0.15) is 5.10 Å². The van der Waals surface area contributed by atoms with Crippen LogP contribution in [0.1, 0.15) is 47.5 Å². The quantitative estimate of drug-likeness (QED) is 0.791. The molecule has 0 radical (unpaired) electrons. The van der Waals surface area contributed by atoms with Crippen LogP contribution in [0.25, 0.3) is 5.65 Å². The van der Waals surface area contributed by atoms with Gasteiger partial charge in [-0.25, -0.2) is 14.5 Å². The minimum atomic E-state index is -0.157. The van der Waals surface area contributed by atoms with E-state index in [-0.39, 0.29) is 11.3 Å². The summed E-state index contributed by atoms with van der Waals surface area (Å²) in [6.45, 7) is 8.87. The molecule has 0 fully saturated rings. The molecule has 0 spiro atoms. The second-order valence-corrected chi connectivity index (χ2v) is 7.72. The first-order valence-electron chi connectivity index (χ1n) is 7.88. The zero-order chi connectivity index (χ0) is 17.3. The Morgan fingerprint density at radius 2 is 2.12 bits per heavy atom. The lowest BCUT2D eigenvalue weighted by molar-refractivity contribution is 0.0955. The summed E-state index contributed by atoms with van der Waals surface area (Å²) in [5, 5.41) is 10.2. The van der Waals surface area contributed by atoms with E-state index in [9.17, 15) is 4.79 Å². The van der Waals surface area contributed by atoms with Crippen LogP contribution in [-0.4, -0.2) is 32.0 Å². The Bertz CT molecular complexity index is 875. The van der Waals surface area contributed by atoms with Crippen LogP contribution in [0.2, 0.25) is 0 Å². The molecule has 0 saturated carbocycles. The predicted molar refractivity (Wildman–Crippen MR) is 94.6 cm³/mol. The number of carbonyl (C=O) groups excluding carboxylic acids is 1. The molecular weight excluding hydrogens is 322 g/mol. The lowest BCUT2D eigenvalue weighted by atomic mass is 9.93. The van der Waals surface area contributed by atoms with Crippen LogP contribution in [0.3, 0.4) is 0 Å². The van der Waals surface area contributed by atoms with Gasteiger partial charge < -0.3 is 5.32 Å². The minimum Gasteiger partial charge on any atom is -0.351 e. The highest BCUT2D eigenvalue weighted by Gasteiger charge is 2.18. The molecule has 0 aromatic carbocycles. The van der Waals surface area contributed by atoms with Gasteiger partial charge >= 0.3 is 0 Å². The largest absolute Gasteiger partial charge is 0.351 e. The van der Waals surface area contributed by atoms with E-state index in [1.807, 2.05) is 13.0 Å². The van der Waals surface area contributed by atoms with Crippen molar-refractivity contribution in [2.45, 2.75) is 39.5 Å². The molecule has 3 aromatic heterocycles. The predicted octanol–water partition coefficient (Wildman–Crippen LogP) is 2.76. The van der Waals surface area contributed by atoms with E-state index in [1.165, 1.54) is 0 Å². The minimum absolute atomic E-state index is 0.0542. The van der Waals surface area contributed by atoms with E-state index in [2.05, 4.69) is 46.5 Å². The fourth-order valence-electron chi connectivity index (χ4n) is 2.27. The monoisotopic (exact) mass is 343 g/mol. The zero-order valence-electron chi connectivity index (χ0n) is 14.3. The van der Waals surface area contributed by atoms with Gasteiger partial charge in [0.25, 0.3) is 5.91 Å². The molecular formula is C17H21N5OS. The van der Waals surface area contributed by atoms with E-state index in [1.54, 1.807) is 28.2 Å². The maximum Gasteiger partial charge on any atom is 0.256 e. The number of carbonyl (C=O) groups is 1. The second-order valence-electron chi connectivity index (χ2n) is 6.78. The summed E-state index contributed by atoms with van der Waals surface area (Å²) in [7, 11) is 0. The summed E-state index contributed by atoms with van der Waals surface area (Å²) in [4.78, 5) is 21.4. The number of amides is 1. The van der Waals surface area contributed by atoms with Crippen LogP contribution in [0, 0.1) is 6.92 Å². The highest BCUT2D eigenvalue weighted by Crippen LogP contribution is 2.23. The zero-order valence-corrected chi connectivity index (χ0v) is 15.1. The first-order valence-corrected chi connectivity index (χ1v) is 8.76. The number of aromatic nitrogens is 4. The average molecular weight is 343 g/mol. The molecule has 126 valence electrons. The van der Waals surface area contributed by atoms with Crippen molar-refractivity contribution in [2.75, 3.05) is 6.54 Å². The Labute approximate surface area is 145 Å². The summed E-state index contributed by atoms with van der Waals surface area (Å²) in [5.41, 5.74) is 3.08. The Morgan fingerprint density at radius 3 is 2.83 bits per heavy atom. The molecule has 1 amide bonds. The van der Waals surface area contributed by atoms with E-state index >= 15 is 0 Å². The Morgan fingerprint density at radius 1 is 1.33 bits per heavy atom. The molecule has 3 rings (SSSR count). The maximum absolute atomic E-state index is 12.4. The third-order valence-corrected chi connectivity index (χ3v) is 4.61. The van der Waals surface area contributed by atoms with E-state index in [4.69, 9.17) is 0 Å². The molecule has 1 N–H and O–H groups in total. The molecule has 7 heteroatoms. The number of nitrogens with zero attached hydrogens (tertiary/aromatic N) is 4. The van der Waals surface area contributed by atoms with Crippen LogP contribution in [0.4, 0.5) is 0 Å². The summed E-state index contributed by atoms with van der Waals surface area (Å²) in [6, 6.07) is 1.86. The van der Waals surface area contributed by atoms with Crippen molar-refractivity contribution in [3.05, 3.63) is 45.8 Å². The molecule has 24 heavy (non-hydrogen) atoms. The van der Waals surface area contributed by atoms with Crippen molar-refractivity contribution in [2.24, 2.45) is 0 Å². The number of rotatable bonds is 4. The lowest BCUT2D eigenvalue weighted by Crippen LogP contribution is -2.25. The molecule has 3 heterocycles. The van der Waals surface area contributed by atoms with Gasteiger partial charge in [0, 0.05) is 35.7 Å². The van der Waals surface area contributed by atoms with Gasteiger partial charge in [-0.3, -0.25) is 4.79 Å². The summed E-state index contributed by atoms with van der Waals surface area (Å²) in [5.74, 6) is -0.157. The van der Waals surface area contributed by atoms with Crippen LogP contribution in [0.5, 0.6) is 0 Å². The van der Waals surface area contributed by atoms with Gasteiger partial charge in [-0.05, 0) is 13.0 Å². The highest BCUT2D eigenvalue weighted by atomic mass is 32.1. The maximum atomic E-state index is 12.4. The van der Waals surface area contributed by atoms with Crippen molar-refractivity contribution in [3.8, 4) is 0 Å². The standard InChI is InChI=1S/C17H21N5OS/c1-11-6-8-22-15(20-11)12(9-19-22)16(23)18-7-5-14-21-13(10-24-14)17(2,3)4/h6,8-10H,5,7H2,1-4H3,(H,18,23). The Balaban J connectivity index is 1.63. The SMILES string of the molecule is Cc1ccn2ncc(C(=O)NCCc3nc(C(C)(C)C)cs3)c2n1. The smallest absolute Gasteiger partial charge is 0.256 e. The van der Waals surface area contributed by atoms with Gasteiger partial charge in [0.15, 0.2) is 5.65 Å². The number of thiazole rings is 1. The average Bonchev–Trinajstić information content (AvgIpc) is 3.13. The molecule has 0 saturated heterocycles. The molecule has 0 bridgehead atoms. The summed E-state index contributed by atoms with van der Waals surface area (Å²) >= 11 is 1.64. The topological polar surface area (TPSA) is 72.2 Å². The number of hydrogen-bond acceptors (Lipinski definition) is 5. The van der Waals surface area contributed by atoms with E-state index < -0.39 is 0 Å². The highest BCUT2D eigenvalue weighted by molar-refractivity contribution is 7.09. The van der Waals surface area contributed by atoms with Gasteiger partial charge in [0.05, 0.1) is 16.9 Å². The van der Waals surface area contributed by atoms with E-state index in [0.717, 1.165) is 22.8 Å². The summed E-state index contributed by atoms with van der Waals surface area (Å²) in [6.07, 6.45) is 4.08. The van der Waals surface area contributed by atoms with Crippen LogP contribution < -0.4 is 5.32 Å². The fourth-order valence-corrected chi connectivity index (χ4v) is 3.29. The van der Waals surface area contributed by atoms with Crippen LogP contribution >= 0.6 is 11.3 Å². The van der Waals surface area contributed by atoms with Gasteiger partial charge in [-0.15, -0.1) is 11.3 Å². The molecule has 0 aliphatic heterocycles. The third kappa shape index (κ3) is 3.46. The molecule has 3 aromatic rings. The van der Waals surface area contributed by atoms with Crippen molar-refractivity contribution in [1.82, 2.24) is 24.9 Å². The molecule has 0 unspecified atom stereocenters. The molecule has 0 atom stereocenters. The Hall–Kier alpha value is -2.28. The van der Waals surface area contributed by atoms with Gasteiger partial charge in [-0.1, -0.05) is 20.8 Å². The molecule has 0 aliphatic carbocycles. The number of aryl methyl sites for hydroxylation is 1. The number of nitrogens with one attached hydrogen (secondary N) is 1. The normalized spacial score (nSPS) is 11.8.